The van der Waals surface area contributed by atoms with E-state index in [1.54, 1.807) is 0 Å². The summed E-state index contributed by atoms with van der Waals surface area (Å²) in [4.78, 5) is 18.7. The highest BCUT2D eigenvalue weighted by atomic mass is 16.4. The van der Waals surface area contributed by atoms with Crippen LogP contribution in [0.25, 0.3) is 0 Å². The quantitative estimate of drug-likeness (QED) is 0.799. The van der Waals surface area contributed by atoms with Crippen molar-refractivity contribution < 1.29 is 9.21 Å². The van der Waals surface area contributed by atoms with Crippen molar-refractivity contribution in [3.8, 4) is 0 Å². The maximum Gasteiger partial charge on any atom is 0.236 e. The van der Waals surface area contributed by atoms with Gasteiger partial charge in [0.25, 0.3) is 0 Å². The molecular formula is C17H30N4O2. The van der Waals surface area contributed by atoms with Crippen LogP contribution in [0.15, 0.2) is 4.42 Å². The molecule has 1 aromatic rings. The number of carbonyl (C=O) groups is 1. The molecule has 3 N–H and O–H groups in total. The molecule has 1 unspecified atom stereocenters. The van der Waals surface area contributed by atoms with E-state index in [0.717, 1.165) is 69.2 Å². The van der Waals surface area contributed by atoms with Gasteiger partial charge in [-0.1, -0.05) is 13.3 Å². The highest BCUT2D eigenvalue weighted by molar-refractivity contribution is 5.81. The van der Waals surface area contributed by atoms with Crippen molar-refractivity contribution >= 4 is 5.91 Å². The lowest BCUT2D eigenvalue weighted by Crippen LogP contribution is -2.44. The molecule has 0 bridgehead atoms. The molecule has 23 heavy (non-hydrogen) atoms. The third kappa shape index (κ3) is 5.32. The largest absolute Gasteiger partial charge is 0.444 e. The highest BCUT2D eigenvalue weighted by Gasteiger charge is 2.22. The number of aromatic nitrogens is 1. The molecule has 0 aliphatic carbocycles. The lowest BCUT2D eigenvalue weighted by Gasteiger charge is -2.31. The number of aryl methyl sites for hydroxylation is 2. The molecule has 0 saturated carbocycles. The van der Waals surface area contributed by atoms with E-state index in [1.165, 1.54) is 0 Å². The number of nitrogens with zero attached hydrogens (tertiary/aromatic N) is 2. The van der Waals surface area contributed by atoms with E-state index >= 15 is 0 Å². The second-order valence-electron chi connectivity index (χ2n) is 6.61. The van der Waals surface area contributed by atoms with Crippen LogP contribution >= 0.6 is 0 Å². The van der Waals surface area contributed by atoms with Crippen molar-refractivity contribution in [2.24, 2.45) is 11.7 Å². The van der Waals surface area contributed by atoms with Gasteiger partial charge in [-0.05, 0) is 52.1 Å². The first-order valence-electron chi connectivity index (χ1n) is 8.68. The molecule has 1 aliphatic heterocycles. The summed E-state index contributed by atoms with van der Waals surface area (Å²) in [5.41, 5.74) is 6.80. The maximum atomic E-state index is 11.8. The Morgan fingerprint density at radius 1 is 1.43 bits per heavy atom. The van der Waals surface area contributed by atoms with Crippen LogP contribution in [0.2, 0.25) is 0 Å². The van der Waals surface area contributed by atoms with Gasteiger partial charge in [0.05, 0.1) is 18.3 Å². The molecule has 1 saturated heterocycles. The zero-order valence-electron chi connectivity index (χ0n) is 14.6. The lowest BCUT2D eigenvalue weighted by molar-refractivity contribution is -0.122. The molecule has 1 atom stereocenters. The highest BCUT2D eigenvalue weighted by Crippen LogP contribution is 2.19. The summed E-state index contributed by atoms with van der Waals surface area (Å²) < 4.78 is 5.65. The average Bonchev–Trinajstić information content (AvgIpc) is 2.84. The van der Waals surface area contributed by atoms with Crippen molar-refractivity contribution in [1.29, 1.82) is 0 Å². The van der Waals surface area contributed by atoms with Crippen LogP contribution in [0.5, 0.6) is 0 Å². The Labute approximate surface area is 138 Å². The number of amides is 1. The molecule has 6 heteroatoms. The molecular weight excluding hydrogens is 292 g/mol. The molecule has 6 nitrogen and oxygen atoms in total. The Balaban J connectivity index is 1.68. The monoisotopic (exact) mass is 322 g/mol. The predicted octanol–water partition coefficient (Wildman–Crippen LogP) is 1.75. The third-order valence-corrected chi connectivity index (χ3v) is 4.64. The molecule has 2 heterocycles. The van der Waals surface area contributed by atoms with Crippen LogP contribution in [0.4, 0.5) is 0 Å². The second kappa shape index (κ2) is 8.45. The van der Waals surface area contributed by atoms with E-state index in [-0.39, 0.29) is 11.9 Å². The smallest absolute Gasteiger partial charge is 0.236 e. The van der Waals surface area contributed by atoms with Gasteiger partial charge in [0.15, 0.2) is 0 Å². The van der Waals surface area contributed by atoms with Crippen molar-refractivity contribution in [3.63, 3.8) is 0 Å². The van der Waals surface area contributed by atoms with Gasteiger partial charge in [-0.25, -0.2) is 4.98 Å². The molecule has 0 radical (unpaired) electrons. The fourth-order valence-electron chi connectivity index (χ4n) is 2.96. The summed E-state index contributed by atoms with van der Waals surface area (Å²) in [5, 5.41) is 3.00. The number of piperidine rings is 1. The standard InChI is InChI=1S/C17H30N4O2/c1-4-5-15(18)17(22)19-10-14-6-8-21(9-7-14)11-16-20-12(2)13(3)23-16/h14-15H,4-11,18H2,1-3H3,(H,19,22). The summed E-state index contributed by atoms with van der Waals surface area (Å²) in [6, 6.07) is -0.364. The molecule has 130 valence electrons. The maximum absolute atomic E-state index is 11.8. The number of hydrogen-bond acceptors (Lipinski definition) is 5. The van der Waals surface area contributed by atoms with Gasteiger partial charge in [-0.3, -0.25) is 9.69 Å². The van der Waals surface area contributed by atoms with Gasteiger partial charge in [-0.15, -0.1) is 0 Å². The van der Waals surface area contributed by atoms with E-state index in [0.29, 0.717) is 5.92 Å². The summed E-state index contributed by atoms with van der Waals surface area (Å²) in [6.07, 6.45) is 3.86. The van der Waals surface area contributed by atoms with Crippen molar-refractivity contribution in [3.05, 3.63) is 17.3 Å². The van der Waals surface area contributed by atoms with Crippen molar-refractivity contribution in [2.75, 3.05) is 19.6 Å². The van der Waals surface area contributed by atoms with E-state index in [4.69, 9.17) is 10.2 Å². The number of oxazole rings is 1. The summed E-state index contributed by atoms with van der Waals surface area (Å²) in [7, 11) is 0. The SMILES string of the molecule is CCCC(N)C(=O)NCC1CCN(Cc2nc(C)c(C)o2)CC1. The van der Waals surface area contributed by atoms with Gasteiger partial charge in [-0.2, -0.15) is 0 Å². The Morgan fingerprint density at radius 2 is 2.13 bits per heavy atom. The Kier molecular flexibility index (Phi) is 6.59. The van der Waals surface area contributed by atoms with Gasteiger partial charge < -0.3 is 15.5 Å². The number of nitrogens with one attached hydrogen (secondary N) is 1. The van der Waals surface area contributed by atoms with E-state index < -0.39 is 0 Å². The van der Waals surface area contributed by atoms with Gasteiger partial charge in [0.1, 0.15) is 5.76 Å². The third-order valence-electron chi connectivity index (χ3n) is 4.64. The predicted molar refractivity (Wildman–Crippen MR) is 89.9 cm³/mol. The first-order valence-corrected chi connectivity index (χ1v) is 8.68. The number of likely N-dealkylation sites (tertiary alicyclic amines) is 1. The van der Waals surface area contributed by atoms with Crippen molar-refractivity contribution in [1.82, 2.24) is 15.2 Å². The minimum absolute atomic E-state index is 0.0139. The molecule has 1 amide bonds. The minimum Gasteiger partial charge on any atom is -0.444 e. The molecule has 2 rings (SSSR count). The van der Waals surface area contributed by atoms with Gasteiger partial charge in [0.2, 0.25) is 11.8 Å². The number of carbonyl (C=O) groups excluding carboxylic acids is 1. The summed E-state index contributed by atoms with van der Waals surface area (Å²) in [6.45, 7) is 9.50. The van der Waals surface area contributed by atoms with Crippen LogP contribution in [-0.4, -0.2) is 41.5 Å². The Hall–Kier alpha value is -1.40. The number of rotatable bonds is 7. The molecule has 0 aromatic carbocycles. The Morgan fingerprint density at radius 3 is 2.70 bits per heavy atom. The topological polar surface area (TPSA) is 84.4 Å². The van der Waals surface area contributed by atoms with Gasteiger partial charge >= 0.3 is 0 Å². The average molecular weight is 322 g/mol. The van der Waals surface area contributed by atoms with Crippen LogP contribution in [0.1, 0.15) is 50.0 Å². The first-order chi connectivity index (χ1) is 11.0. The Bertz CT molecular complexity index is 487. The zero-order chi connectivity index (χ0) is 16.8. The van der Waals surface area contributed by atoms with Crippen LogP contribution < -0.4 is 11.1 Å². The zero-order valence-corrected chi connectivity index (χ0v) is 14.6. The van der Waals surface area contributed by atoms with E-state index in [1.807, 2.05) is 20.8 Å². The molecule has 1 aromatic heterocycles. The summed E-state index contributed by atoms with van der Waals surface area (Å²) >= 11 is 0. The van der Waals surface area contributed by atoms with Crippen LogP contribution in [-0.2, 0) is 11.3 Å². The lowest BCUT2D eigenvalue weighted by atomic mass is 9.96. The number of nitrogens with two attached hydrogens (primary N) is 1. The number of hydrogen-bond donors (Lipinski definition) is 2. The normalized spacial score (nSPS) is 18.1. The van der Waals surface area contributed by atoms with E-state index in [9.17, 15) is 4.79 Å². The molecule has 1 aliphatic rings. The molecule has 0 spiro atoms. The fourth-order valence-corrected chi connectivity index (χ4v) is 2.96. The minimum atomic E-state index is -0.364. The van der Waals surface area contributed by atoms with Crippen molar-refractivity contribution in [2.45, 2.75) is 59.0 Å². The van der Waals surface area contributed by atoms with Crippen LogP contribution in [0.3, 0.4) is 0 Å². The first kappa shape index (κ1) is 17.9. The van der Waals surface area contributed by atoms with Crippen LogP contribution in [0, 0.1) is 19.8 Å². The molecule has 1 fully saturated rings. The fraction of sp³-hybridized carbons (Fsp3) is 0.765. The van der Waals surface area contributed by atoms with Gasteiger partial charge in [0, 0.05) is 6.54 Å². The second-order valence-corrected chi connectivity index (χ2v) is 6.61. The van der Waals surface area contributed by atoms with E-state index in [2.05, 4.69) is 15.2 Å². The summed E-state index contributed by atoms with van der Waals surface area (Å²) in [5.74, 6) is 2.23.